The largest absolute Gasteiger partial charge is 0.493 e. The maximum atomic E-state index is 13.4. The van der Waals surface area contributed by atoms with Crippen LogP contribution in [-0.4, -0.2) is 12.5 Å². The molecular weight excluding hydrogens is 305 g/mol. The molecule has 5 heteroatoms. The van der Waals surface area contributed by atoms with E-state index in [0.717, 1.165) is 5.56 Å². The Balaban J connectivity index is 1.70. The average molecular weight is 320 g/mol. The Hall–Kier alpha value is -2.07. The fraction of sp³-hybridized carbons (Fsp3) is 0.235. The number of amides is 1. The van der Waals surface area contributed by atoms with Crippen molar-refractivity contribution in [3.05, 3.63) is 64.4 Å². The molecule has 2 aromatic rings. The van der Waals surface area contributed by atoms with Crippen molar-refractivity contribution in [3.8, 4) is 5.75 Å². The lowest BCUT2D eigenvalue weighted by molar-refractivity contribution is -0.121. The zero-order valence-corrected chi connectivity index (χ0v) is 12.6. The Labute approximate surface area is 133 Å². The van der Waals surface area contributed by atoms with Gasteiger partial charge >= 0.3 is 0 Å². The number of carbonyl (C=O) groups excluding carboxylic acids is 1. The Morgan fingerprint density at radius 1 is 1.27 bits per heavy atom. The van der Waals surface area contributed by atoms with Crippen LogP contribution in [0.1, 0.15) is 23.6 Å². The normalized spacial score (nSPS) is 16.5. The molecule has 0 fully saturated rings. The molecule has 3 rings (SSSR count). The predicted octanol–water partition coefficient (Wildman–Crippen LogP) is 3.66. The second kappa shape index (κ2) is 6.36. The Morgan fingerprint density at radius 3 is 2.82 bits per heavy atom. The maximum Gasteiger partial charge on any atom is 0.224 e. The summed E-state index contributed by atoms with van der Waals surface area (Å²) in [5.74, 6) is 0.190. The molecule has 1 aliphatic heterocycles. The lowest BCUT2D eigenvalue weighted by Crippen LogP contribution is -2.33. The van der Waals surface area contributed by atoms with Gasteiger partial charge in [-0.1, -0.05) is 23.7 Å². The highest BCUT2D eigenvalue weighted by atomic mass is 35.5. The van der Waals surface area contributed by atoms with E-state index in [2.05, 4.69) is 5.32 Å². The molecule has 0 saturated heterocycles. The quantitative estimate of drug-likeness (QED) is 0.937. The zero-order valence-electron chi connectivity index (χ0n) is 11.8. The molecule has 0 saturated carbocycles. The predicted molar refractivity (Wildman–Crippen MR) is 82.6 cm³/mol. The monoisotopic (exact) mass is 319 g/mol. The van der Waals surface area contributed by atoms with Gasteiger partial charge in [-0.15, -0.1) is 0 Å². The van der Waals surface area contributed by atoms with Gasteiger partial charge in [-0.25, -0.2) is 4.39 Å². The lowest BCUT2D eigenvalue weighted by atomic mass is 10.00. The minimum atomic E-state index is -0.332. The molecule has 1 amide bonds. The van der Waals surface area contributed by atoms with E-state index in [1.807, 2.05) is 12.1 Å². The first-order chi connectivity index (χ1) is 10.6. The standard InChI is InChI=1S/C17H15ClFNO2/c18-12-3-1-11(2-4-12)9-17(21)20-15-7-8-22-16-6-5-13(19)10-14(15)16/h1-6,10,15H,7-9H2,(H,20,21). The molecule has 0 aromatic heterocycles. The summed E-state index contributed by atoms with van der Waals surface area (Å²) in [6, 6.07) is 11.3. The summed E-state index contributed by atoms with van der Waals surface area (Å²) in [5.41, 5.74) is 1.57. The van der Waals surface area contributed by atoms with Crippen LogP contribution in [0.15, 0.2) is 42.5 Å². The van der Waals surface area contributed by atoms with E-state index in [1.54, 1.807) is 18.2 Å². The van der Waals surface area contributed by atoms with Crippen molar-refractivity contribution in [1.29, 1.82) is 0 Å². The van der Waals surface area contributed by atoms with Gasteiger partial charge in [0.1, 0.15) is 11.6 Å². The number of nitrogens with one attached hydrogen (secondary N) is 1. The van der Waals surface area contributed by atoms with Crippen molar-refractivity contribution >= 4 is 17.5 Å². The smallest absolute Gasteiger partial charge is 0.224 e. The molecule has 3 nitrogen and oxygen atoms in total. The van der Waals surface area contributed by atoms with E-state index in [4.69, 9.17) is 16.3 Å². The molecule has 1 N–H and O–H groups in total. The molecule has 0 aliphatic carbocycles. The van der Waals surface area contributed by atoms with Crippen LogP contribution in [0, 0.1) is 5.82 Å². The highest BCUT2D eigenvalue weighted by molar-refractivity contribution is 6.30. The number of rotatable bonds is 3. The SMILES string of the molecule is O=C(Cc1ccc(Cl)cc1)NC1CCOc2ccc(F)cc21. The molecular formula is C17H15ClFNO2. The summed E-state index contributed by atoms with van der Waals surface area (Å²) in [4.78, 5) is 12.2. The van der Waals surface area contributed by atoms with Gasteiger partial charge in [0.2, 0.25) is 5.91 Å². The number of hydrogen-bond acceptors (Lipinski definition) is 2. The number of benzene rings is 2. The number of fused-ring (bicyclic) bond motifs is 1. The summed E-state index contributed by atoms with van der Waals surface area (Å²) in [5, 5.41) is 3.58. The Morgan fingerprint density at radius 2 is 2.05 bits per heavy atom. The van der Waals surface area contributed by atoms with E-state index in [0.29, 0.717) is 29.4 Å². The summed E-state index contributed by atoms with van der Waals surface area (Å²) >= 11 is 5.82. The fourth-order valence-electron chi connectivity index (χ4n) is 2.55. The van der Waals surface area contributed by atoms with Crippen LogP contribution in [0.2, 0.25) is 5.02 Å². The molecule has 2 aromatic carbocycles. The van der Waals surface area contributed by atoms with Crippen LogP contribution < -0.4 is 10.1 Å². The molecule has 22 heavy (non-hydrogen) atoms. The van der Waals surface area contributed by atoms with Crippen molar-refractivity contribution < 1.29 is 13.9 Å². The molecule has 114 valence electrons. The highest BCUT2D eigenvalue weighted by Crippen LogP contribution is 2.32. The van der Waals surface area contributed by atoms with Gasteiger partial charge in [0, 0.05) is 17.0 Å². The van der Waals surface area contributed by atoms with E-state index >= 15 is 0 Å². The number of halogens is 2. The van der Waals surface area contributed by atoms with Crippen molar-refractivity contribution in [2.75, 3.05) is 6.61 Å². The van der Waals surface area contributed by atoms with Gasteiger partial charge in [0.15, 0.2) is 0 Å². The van der Waals surface area contributed by atoms with Gasteiger partial charge in [-0.05, 0) is 35.9 Å². The van der Waals surface area contributed by atoms with Crippen LogP contribution in [-0.2, 0) is 11.2 Å². The molecule has 1 aliphatic rings. The number of hydrogen-bond donors (Lipinski definition) is 1. The van der Waals surface area contributed by atoms with Crippen molar-refractivity contribution in [2.24, 2.45) is 0 Å². The van der Waals surface area contributed by atoms with Crippen molar-refractivity contribution in [1.82, 2.24) is 5.32 Å². The van der Waals surface area contributed by atoms with E-state index < -0.39 is 0 Å². The van der Waals surface area contributed by atoms with Gasteiger partial charge < -0.3 is 10.1 Å². The average Bonchev–Trinajstić information content (AvgIpc) is 2.50. The van der Waals surface area contributed by atoms with Gasteiger partial charge in [-0.3, -0.25) is 4.79 Å². The van der Waals surface area contributed by atoms with Crippen LogP contribution >= 0.6 is 11.6 Å². The van der Waals surface area contributed by atoms with E-state index in [-0.39, 0.29) is 24.2 Å². The van der Waals surface area contributed by atoms with Gasteiger partial charge in [-0.2, -0.15) is 0 Å². The van der Waals surface area contributed by atoms with E-state index in [9.17, 15) is 9.18 Å². The van der Waals surface area contributed by atoms with Gasteiger partial charge in [0.05, 0.1) is 19.1 Å². The zero-order chi connectivity index (χ0) is 15.5. The first-order valence-electron chi connectivity index (χ1n) is 7.08. The topological polar surface area (TPSA) is 38.3 Å². The third kappa shape index (κ3) is 3.39. The summed E-state index contributed by atoms with van der Waals surface area (Å²) < 4.78 is 18.9. The Bertz CT molecular complexity index is 688. The third-order valence-electron chi connectivity index (χ3n) is 3.62. The third-order valence-corrected chi connectivity index (χ3v) is 3.88. The molecule has 1 atom stereocenters. The second-order valence-electron chi connectivity index (χ2n) is 5.24. The summed E-state index contributed by atoms with van der Waals surface area (Å²) in [7, 11) is 0. The van der Waals surface area contributed by atoms with Gasteiger partial charge in [0.25, 0.3) is 0 Å². The highest BCUT2D eigenvalue weighted by Gasteiger charge is 2.23. The molecule has 1 unspecified atom stereocenters. The van der Waals surface area contributed by atoms with Crippen LogP contribution in [0.5, 0.6) is 5.75 Å². The number of carbonyl (C=O) groups is 1. The van der Waals surface area contributed by atoms with Crippen LogP contribution in [0.25, 0.3) is 0 Å². The van der Waals surface area contributed by atoms with Crippen molar-refractivity contribution in [3.63, 3.8) is 0 Å². The molecule has 0 radical (unpaired) electrons. The van der Waals surface area contributed by atoms with E-state index in [1.165, 1.54) is 12.1 Å². The molecule has 0 spiro atoms. The minimum Gasteiger partial charge on any atom is -0.493 e. The minimum absolute atomic E-state index is 0.107. The number of ether oxygens (including phenoxy) is 1. The molecule has 1 heterocycles. The second-order valence-corrected chi connectivity index (χ2v) is 5.68. The first-order valence-corrected chi connectivity index (χ1v) is 7.45. The Kier molecular flexibility index (Phi) is 4.29. The first kappa shape index (κ1) is 14.9. The van der Waals surface area contributed by atoms with Crippen LogP contribution in [0.4, 0.5) is 4.39 Å². The molecule has 0 bridgehead atoms. The fourth-order valence-corrected chi connectivity index (χ4v) is 2.67. The summed E-state index contributed by atoms with van der Waals surface area (Å²) in [6.45, 7) is 0.504. The summed E-state index contributed by atoms with van der Waals surface area (Å²) in [6.07, 6.45) is 0.891. The lowest BCUT2D eigenvalue weighted by Gasteiger charge is -2.26. The maximum absolute atomic E-state index is 13.4. The van der Waals surface area contributed by atoms with Crippen molar-refractivity contribution in [2.45, 2.75) is 18.9 Å². The van der Waals surface area contributed by atoms with Crippen LogP contribution in [0.3, 0.4) is 0 Å².